The molecule has 0 aliphatic carbocycles. The lowest BCUT2D eigenvalue weighted by Crippen LogP contribution is -2.36. The van der Waals surface area contributed by atoms with Gasteiger partial charge in [0.25, 0.3) is 0 Å². The second kappa shape index (κ2) is 6.72. The molecule has 1 aromatic rings. The fourth-order valence-corrected chi connectivity index (χ4v) is 2.60. The van der Waals surface area contributed by atoms with E-state index in [0.717, 1.165) is 32.6 Å². The number of nitrogens with one attached hydrogen (secondary N) is 1. The normalized spacial score (nSPS) is 16.4. The molecule has 0 atom stereocenters. The van der Waals surface area contributed by atoms with Crippen molar-refractivity contribution in [1.82, 2.24) is 4.90 Å². The smallest absolute Gasteiger partial charge is 0.130 e. The molecule has 110 valence electrons. The molecule has 0 spiro atoms. The topological polar surface area (TPSA) is 71.6 Å². The van der Waals surface area contributed by atoms with E-state index in [9.17, 15) is 0 Å². The highest BCUT2D eigenvalue weighted by molar-refractivity contribution is 5.97. The van der Waals surface area contributed by atoms with Crippen molar-refractivity contribution in [2.75, 3.05) is 27.4 Å². The van der Waals surface area contributed by atoms with Crippen LogP contribution in [0.1, 0.15) is 24.0 Å². The Morgan fingerprint density at radius 1 is 1.45 bits per heavy atom. The van der Waals surface area contributed by atoms with Crippen LogP contribution in [0.25, 0.3) is 0 Å². The summed E-state index contributed by atoms with van der Waals surface area (Å²) in [5, 5.41) is 7.53. The molecule has 1 aromatic carbocycles. The number of ether oxygens (including phenoxy) is 2. The third kappa shape index (κ3) is 3.49. The summed E-state index contributed by atoms with van der Waals surface area (Å²) in [4.78, 5) is 2.35. The van der Waals surface area contributed by atoms with Crippen LogP contribution in [0.15, 0.2) is 18.2 Å². The molecule has 0 radical (unpaired) electrons. The third-order valence-electron chi connectivity index (χ3n) is 3.80. The Bertz CT molecular complexity index is 470. The highest BCUT2D eigenvalue weighted by Crippen LogP contribution is 2.22. The maximum atomic E-state index is 7.53. The molecule has 5 nitrogen and oxygen atoms in total. The molecule has 0 unspecified atom stereocenters. The van der Waals surface area contributed by atoms with Crippen LogP contribution in [-0.2, 0) is 11.3 Å². The number of hydrogen-bond donors (Lipinski definition) is 2. The molecule has 0 aromatic heterocycles. The molecule has 3 N–H and O–H groups in total. The average Bonchev–Trinajstić information content (AvgIpc) is 2.47. The van der Waals surface area contributed by atoms with Gasteiger partial charge in [0.15, 0.2) is 0 Å². The Morgan fingerprint density at radius 2 is 2.15 bits per heavy atom. The van der Waals surface area contributed by atoms with Crippen molar-refractivity contribution in [2.45, 2.75) is 25.4 Å². The first-order valence-corrected chi connectivity index (χ1v) is 6.91. The lowest BCUT2D eigenvalue weighted by Gasteiger charge is -2.31. The fraction of sp³-hybridized carbons (Fsp3) is 0.533. The first-order valence-electron chi connectivity index (χ1n) is 6.91. The van der Waals surface area contributed by atoms with Gasteiger partial charge in [0, 0.05) is 25.8 Å². The fourth-order valence-electron chi connectivity index (χ4n) is 2.60. The van der Waals surface area contributed by atoms with E-state index < -0.39 is 0 Å². The van der Waals surface area contributed by atoms with E-state index in [0.29, 0.717) is 17.4 Å². The van der Waals surface area contributed by atoms with Crippen molar-refractivity contribution >= 4 is 5.84 Å². The van der Waals surface area contributed by atoms with Gasteiger partial charge in [-0.3, -0.25) is 10.3 Å². The number of nitrogen functional groups attached to an aromatic ring is 1. The Labute approximate surface area is 120 Å². The van der Waals surface area contributed by atoms with E-state index in [1.54, 1.807) is 7.11 Å². The largest absolute Gasteiger partial charge is 0.496 e. The zero-order valence-corrected chi connectivity index (χ0v) is 12.2. The molecular weight excluding hydrogens is 254 g/mol. The molecule has 0 saturated carbocycles. The van der Waals surface area contributed by atoms with E-state index in [4.69, 9.17) is 20.6 Å². The number of rotatable bonds is 5. The second-order valence-corrected chi connectivity index (χ2v) is 5.21. The second-order valence-electron chi connectivity index (χ2n) is 5.21. The number of hydrogen-bond acceptors (Lipinski definition) is 4. The maximum Gasteiger partial charge on any atom is 0.130 e. The summed E-state index contributed by atoms with van der Waals surface area (Å²) in [6.45, 7) is 2.56. The van der Waals surface area contributed by atoms with Crippen LogP contribution in [0.2, 0.25) is 0 Å². The highest BCUT2D eigenvalue weighted by atomic mass is 16.5. The Morgan fingerprint density at radius 3 is 2.75 bits per heavy atom. The van der Waals surface area contributed by atoms with Crippen LogP contribution in [0.3, 0.4) is 0 Å². The Kier molecular flexibility index (Phi) is 4.98. The minimum absolute atomic E-state index is 0.0335. The van der Waals surface area contributed by atoms with Crippen LogP contribution in [0.4, 0.5) is 0 Å². The van der Waals surface area contributed by atoms with Gasteiger partial charge in [-0.1, -0.05) is 6.07 Å². The first-order chi connectivity index (χ1) is 9.61. The summed E-state index contributed by atoms with van der Waals surface area (Å²) in [7, 11) is 3.75. The molecule has 1 aliphatic heterocycles. The number of nitrogens with zero attached hydrogens (tertiary/aromatic N) is 1. The molecule has 0 amide bonds. The summed E-state index contributed by atoms with van der Waals surface area (Å²) in [6, 6.07) is 6.40. The summed E-state index contributed by atoms with van der Waals surface area (Å²) in [6.07, 6.45) is 2.17. The monoisotopic (exact) mass is 277 g/mol. The molecule has 1 aliphatic rings. The van der Waals surface area contributed by atoms with E-state index in [1.165, 1.54) is 5.56 Å². The predicted octanol–water partition coefficient (Wildman–Crippen LogP) is 1.59. The number of nitrogens with two attached hydrogens (primary N) is 1. The van der Waals surface area contributed by atoms with E-state index in [1.807, 2.05) is 18.2 Å². The van der Waals surface area contributed by atoms with Crippen molar-refractivity contribution in [2.24, 2.45) is 5.73 Å². The van der Waals surface area contributed by atoms with Crippen LogP contribution in [-0.4, -0.2) is 44.1 Å². The van der Waals surface area contributed by atoms with Gasteiger partial charge in [-0.15, -0.1) is 0 Å². The number of amidine groups is 1. The maximum absolute atomic E-state index is 7.53. The van der Waals surface area contributed by atoms with Gasteiger partial charge in [0.05, 0.1) is 12.7 Å². The summed E-state index contributed by atoms with van der Waals surface area (Å²) in [5.41, 5.74) is 7.35. The Hall–Kier alpha value is -1.59. The molecule has 1 fully saturated rings. The lowest BCUT2D eigenvalue weighted by molar-refractivity contribution is 0.0407. The van der Waals surface area contributed by atoms with Gasteiger partial charge in [0.2, 0.25) is 0 Å². The van der Waals surface area contributed by atoms with Crippen molar-refractivity contribution in [1.29, 1.82) is 5.41 Å². The van der Waals surface area contributed by atoms with Crippen LogP contribution in [0, 0.1) is 5.41 Å². The van der Waals surface area contributed by atoms with Gasteiger partial charge >= 0.3 is 0 Å². The minimum Gasteiger partial charge on any atom is -0.496 e. The highest BCUT2D eigenvalue weighted by Gasteiger charge is 2.18. The SMILES string of the molecule is COc1cc(CN(C)C2CCOCC2)ccc1C(=N)N. The van der Waals surface area contributed by atoms with Gasteiger partial charge < -0.3 is 15.2 Å². The summed E-state index contributed by atoms with van der Waals surface area (Å²) >= 11 is 0. The van der Waals surface area contributed by atoms with E-state index >= 15 is 0 Å². The van der Waals surface area contributed by atoms with Gasteiger partial charge in [0.1, 0.15) is 11.6 Å². The standard InChI is InChI=1S/C15H23N3O2/c1-18(12-5-7-20-8-6-12)10-11-3-4-13(15(16)17)14(9-11)19-2/h3-4,9,12H,5-8,10H2,1-2H3,(H3,16,17). The molecule has 1 saturated heterocycles. The minimum atomic E-state index is 0.0335. The van der Waals surface area contributed by atoms with E-state index in [-0.39, 0.29) is 5.84 Å². The van der Waals surface area contributed by atoms with Crippen molar-refractivity contribution in [3.05, 3.63) is 29.3 Å². The molecule has 20 heavy (non-hydrogen) atoms. The molecule has 0 bridgehead atoms. The van der Waals surface area contributed by atoms with E-state index in [2.05, 4.69) is 11.9 Å². The van der Waals surface area contributed by atoms with Gasteiger partial charge in [-0.25, -0.2) is 0 Å². The van der Waals surface area contributed by atoms with Crippen molar-refractivity contribution in [3.63, 3.8) is 0 Å². The van der Waals surface area contributed by atoms with Crippen LogP contribution < -0.4 is 10.5 Å². The third-order valence-corrected chi connectivity index (χ3v) is 3.80. The van der Waals surface area contributed by atoms with Gasteiger partial charge in [-0.2, -0.15) is 0 Å². The number of benzene rings is 1. The summed E-state index contributed by atoms with van der Waals surface area (Å²) in [5.74, 6) is 0.696. The molecular formula is C15H23N3O2. The van der Waals surface area contributed by atoms with Crippen molar-refractivity contribution in [3.8, 4) is 5.75 Å². The predicted molar refractivity (Wildman–Crippen MR) is 79.3 cm³/mol. The lowest BCUT2D eigenvalue weighted by atomic mass is 10.1. The van der Waals surface area contributed by atoms with Crippen LogP contribution >= 0.6 is 0 Å². The molecule has 5 heteroatoms. The van der Waals surface area contributed by atoms with Crippen molar-refractivity contribution < 1.29 is 9.47 Å². The molecule has 2 rings (SSSR count). The summed E-state index contributed by atoms with van der Waals surface area (Å²) < 4.78 is 10.7. The van der Waals surface area contributed by atoms with Crippen LogP contribution in [0.5, 0.6) is 5.75 Å². The number of methoxy groups -OCH3 is 1. The van der Waals surface area contributed by atoms with Gasteiger partial charge in [-0.05, 0) is 37.6 Å². The zero-order chi connectivity index (χ0) is 14.5. The average molecular weight is 277 g/mol. The Balaban J connectivity index is 2.07. The first kappa shape index (κ1) is 14.8. The molecule has 1 heterocycles. The quantitative estimate of drug-likeness (QED) is 0.633. The zero-order valence-electron chi connectivity index (χ0n) is 12.2.